The van der Waals surface area contributed by atoms with Crippen molar-refractivity contribution in [3.05, 3.63) is 29.8 Å². The second-order valence-corrected chi connectivity index (χ2v) is 6.23. The Morgan fingerprint density at radius 3 is 2.57 bits per heavy atom. The molecule has 0 radical (unpaired) electrons. The number of hydrogen-bond donors (Lipinski definition) is 0. The summed E-state index contributed by atoms with van der Waals surface area (Å²) in [6.07, 6.45) is 2.31. The zero-order chi connectivity index (χ0) is 14.8. The molecule has 0 spiro atoms. The Morgan fingerprint density at radius 2 is 1.81 bits per heavy atom. The van der Waals surface area contributed by atoms with Crippen LogP contribution in [0, 0.1) is 0 Å². The smallest absolute Gasteiger partial charge is 0.239 e. The second-order valence-electron chi connectivity index (χ2n) is 6.23. The summed E-state index contributed by atoms with van der Waals surface area (Å²) in [5, 5.41) is 0. The number of anilines is 1. The highest BCUT2D eigenvalue weighted by Gasteiger charge is 2.29. The van der Waals surface area contributed by atoms with Crippen LogP contribution in [0.2, 0.25) is 0 Å². The summed E-state index contributed by atoms with van der Waals surface area (Å²) >= 11 is 0. The number of fused-ring (bicyclic) bond motifs is 1. The van der Waals surface area contributed by atoms with Crippen molar-refractivity contribution in [2.75, 3.05) is 38.1 Å². The maximum atomic E-state index is 12.6. The van der Waals surface area contributed by atoms with Gasteiger partial charge in [0.05, 0.1) is 6.04 Å². The fourth-order valence-electron chi connectivity index (χ4n) is 3.40. The molecule has 0 bridgehead atoms. The van der Waals surface area contributed by atoms with Crippen LogP contribution in [-0.4, -0.2) is 55.0 Å². The van der Waals surface area contributed by atoms with Crippen LogP contribution in [0.1, 0.15) is 25.3 Å². The molecule has 2 aliphatic rings. The van der Waals surface area contributed by atoms with Crippen LogP contribution in [0.3, 0.4) is 0 Å². The number of para-hydroxylation sites is 1. The zero-order valence-corrected chi connectivity index (χ0v) is 13.1. The first-order chi connectivity index (χ1) is 10.2. The summed E-state index contributed by atoms with van der Waals surface area (Å²) in [7, 11) is 2.13. The maximum Gasteiger partial charge on any atom is 0.239 e. The molecule has 4 nitrogen and oxygen atoms in total. The van der Waals surface area contributed by atoms with Gasteiger partial charge in [-0.2, -0.15) is 0 Å². The molecule has 0 aromatic heterocycles. The van der Waals surface area contributed by atoms with Crippen molar-refractivity contribution < 1.29 is 4.79 Å². The molecule has 1 aromatic rings. The second kappa shape index (κ2) is 6.06. The third kappa shape index (κ3) is 2.91. The number of benzene rings is 1. The molecule has 114 valence electrons. The average molecular weight is 287 g/mol. The van der Waals surface area contributed by atoms with E-state index in [-0.39, 0.29) is 6.04 Å². The summed E-state index contributed by atoms with van der Waals surface area (Å²) in [5.74, 6) is 0.300. The molecule has 0 N–H and O–H groups in total. The predicted octanol–water partition coefficient (Wildman–Crippen LogP) is 1.95. The largest absolute Gasteiger partial charge is 0.373 e. The van der Waals surface area contributed by atoms with Crippen molar-refractivity contribution >= 4 is 11.6 Å². The summed E-state index contributed by atoms with van der Waals surface area (Å²) in [6, 6.07) is 8.50. The number of amides is 1. The molecule has 2 heterocycles. The fraction of sp³-hybridized carbons (Fsp3) is 0.588. The van der Waals surface area contributed by atoms with E-state index in [1.807, 2.05) is 4.90 Å². The summed E-state index contributed by atoms with van der Waals surface area (Å²) in [5.41, 5.74) is 2.61. The van der Waals surface area contributed by atoms with Crippen LogP contribution in [-0.2, 0) is 11.3 Å². The Kier molecular flexibility index (Phi) is 4.15. The highest BCUT2D eigenvalue weighted by Crippen LogP contribution is 2.25. The first kappa shape index (κ1) is 14.4. The lowest BCUT2D eigenvalue weighted by Gasteiger charge is -2.30. The van der Waals surface area contributed by atoms with Gasteiger partial charge in [0.2, 0.25) is 5.91 Å². The van der Waals surface area contributed by atoms with Crippen LogP contribution < -0.4 is 4.90 Å². The molecule has 2 aliphatic heterocycles. The Balaban J connectivity index is 1.75. The topological polar surface area (TPSA) is 26.8 Å². The number of likely N-dealkylation sites (tertiary alicyclic amines) is 1. The van der Waals surface area contributed by atoms with Gasteiger partial charge >= 0.3 is 0 Å². The van der Waals surface area contributed by atoms with Gasteiger partial charge < -0.3 is 9.80 Å². The molecule has 4 heteroatoms. The van der Waals surface area contributed by atoms with Crippen LogP contribution in [0.4, 0.5) is 5.69 Å². The van der Waals surface area contributed by atoms with Gasteiger partial charge in [-0.15, -0.1) is 0 Å². The minimum Gasteiger partial charge on any atom is -0.373 e. The lowest BCUT2D eigenvalue weighted by molar-refractivity contribution is -0.135. The van der Waals surface area contributed by atoms with E-state index in [1.54, 1.807) is 0 Å². The number of rotatable bonds is 2. The van der Waals surface area contributed by atoms with E-state index in [4.69, 9.17) is 0 Å². The van der Waals surface area contributed by atoms with Crippen LogP contribution in [0.25, 0.3) is 0 Å². The highest BCUT2D eigenvalue weighted by atomic mass is 16.2. The Labute approximate surface area is 127 Å². The summed E-state index contributed by atoms with van der Waals surface area (Å²) < 4.78 is 0. The van der Waals surface area contributed by atoms with Crippen molar-refractivity contribution in [2.24, 2.45) is 0 Å². The predicted molar refractivity (Wildman–Crippen MR) is 85.4 cm³/mol. The number of carbonyl (C=O) groups is 1. The quantitative estimate of drug-likeness (QED) is 0.832. The van der Waals surface area contributed by atoms with Crippen molar-refractivity contribution in [3.8, 4) is 0 Å². The Bertz CT molecular complexity index is 511. The van der Waals surface area contributed by atoms with Crippen molar-refractivity contribution in [3.63, 3.8) is 0 Å². The number of nitrogens with zero attached hydrogens (tertiary/aromatic N) is 3. The number of likely N-dealkylation sites (N-methyl/N-ethyl adjacent to an activating group) is 1. The van der Waals surface area contributed by atoms with Gasteiger partial charge in [0.1, 0.15) is 0 Å². The molecule has 1 saturated heterocycles. The molecule has 3 rings (SSSR count). The van der Waals surface area contributed by atoms with E-state index in [0.717, 1.165) is 45.6 Å². The highest BCUT2D eigenvalue weighted by molar-refractivity contribution is 5.81. The third-order valence-corrected chi connectivity index (χ3v) is 4.82. The lowest BCUT2D eigenvalue weighted by Crippen LogP contribution is -2.47. The number of carbonyl (C=O) groups excluding carboxylic acids is 1. The van der Waals surface area contributed by atoms with Crippen LogP contribution in [0.5, 0.6) is 0 Å². The lowest BCUT2D eigenvalue weighted by atomic mass is 10.1. The van der Waals surface area contributed by atoms with Crippen LogP contribution >= 0.6 is 0 Å². The van der Waals surface area contributed by atoms with Crippen molar-refractivity contribution in [2.45, 2.75) is 32.4 Å². The van der Waals surface area contributed by atoms with Crippen LogP contribution in [0.15, 0.2) is 24.3 Å². The average Bonchev–Trinajstić information content (AvgIpc) is 2.98. The number of hydrogen-bond acceptors (Lipinski definition) is 3. The summed E-state index contributed by atoms with van der Waals surface area (Å²) in [4.78, 5) is 19.3. The Hall–Kier alpha value is -1.55. The van der Waals surface area contributed by atoms with E-state index in [1.165, 1.54) is 11.3 Å². The third-order valence-electron chi connectivity index (χ3n) is 4.82. The van der Waals surface area contributed by atoms with E-state index < -0.39 is 0 Å². The SMILES string of the molecule is C[C@@H](C(=O)N1CCCC1)N1CCN(C)c2ccccc2C1. The van der Waals surface area contributed by atoms with Gasteiger partial charge in [0.15, 0.2) is 0 Å². The molecule has 1 amide bonds. The molecule has 1 fully saturated rings. The van der Waals surface area contributed by atoms with Crippen molar-refractivity contribution in [1.29, 1.82) is 0 Å². The van der Waals surface area contributed by atoms with Gasteiger partial charge in [0, 0.05) is 45.5 Å². The molecule has 0 aliphatic carbocycles. The molecule has 21 heavy (non-hydrogen) atoms. The first-order valence-corrected chi connectivity index (χ1v) is 7.98. The van der Waals surface area contributed by atoms with Gasteiger partial charge in [-0.1, -0.05) is 18.2 Å². The first-order valence-electron chi connectivity index (χ1n) is 7.98. The van der Waals surface area contributed by atoms with E-state index in [2.05, 4.69) is 48.0 Å². The van der Waals surface area contributed by atoms with Gasteiger partial charge in [0.25, 0.3) is 0 Å². The molecule has 0 saturated carbocycles. The Morgan fingerprint density at radius 1 is 1.10 bits per heavy atom. The van der Waals surface area contributed by atoms with Crippen molar-refractivity contribution in [1.82, 2.24) is 9.80 Å². The standard InChI is InChI=1S/C17H25N3O/c1-14(17(21)19-9-5-6-10-19)20-12-11-18(2)16-8-4-3-7-15(16)13-20/h3-4,7-8,14H,5-6,9-13H2,1-2H3/t14-/m0/s1. The fourth-order valence-corrected chi connectivity index (χ4v) is 3.40. The maximum absolute atomic E-state index is 12.6. The van der Waals surface area contributed by atoms with E-state index >= 15 is 0 Å². The van der Waals surface area contributed by atoms with Gasteiger partial charge in [-0.25, -0.2) is 0 Å². The molecule has 1 atom stereocenters. The molecule has 0 unspecified atom stereocenters. The normalized spacial score (nSPS) is 21.0. The monoisotopic (exact) mass is 287 g/mol. The van der Waals surface area contributed by atoms with Gasteiger partial charge in [-0.3, -0.25) is 9.69 Å². The van der Waals surface area contributed by atoms with E-state index in [9.17, 15) is 4.79 Å². The van der Waals surface area contributed by atoms with Gasteiger partial charge in [-0.05, 0) is 31.4 Å². The molecular weight excluding hydrogens is 262 g/mol. The van der Waals surface area contributed by atoms with E-state index in [0.29, 0.717) is 5.91 Å². The summed E-state index contributed by atoms with van der Waals surface area (Å²) in [6.45, 7) is 6.71. The minimum absolute atomic E-state index is 0.0253. The minimum atomic E-state index is -0.0253. The molecule has 1 aromatic carbocycles. The molecular formula is C17H25N3O. The zero-order valence-electron chi connectivity index (χ0n) is 13.1.